The zero-order valence-electron chi connectivity index (χ0n) is 10.8. The maximum atomic E-state index is 13.0. The minimum absolute atomic E-state index is 0.133. The van der Waals surface area contributed by atoms with Gasteiger partial charge in [0.05, 0.1) is 0 Å². The molecule has 3 unspecified atom stereocenters. The highest BCUT2D eigenvalue weighted by Gasteiger charge is 2.52. The molecule has 2 aliphatic carbocycles. The zero-order chi connectivity index (χ0) is 14.0. The molecule has 108 valence electrons. The van der Waals surface area contributed by atoms with E-state index in [0.29, 0.717) is 12.3 Å². The van der Waals surface area contributed by atoms with Crippen LogP contribution in [-0.4, -0.2) is 17.6 Å². The molecule has 0 saturated heterocycles. The van der Waals surface area contributed by atoms with Gasteiger partial charge in [0.15, 0.2) is 0 Å². The first-order chi connectivity index (χ1) is 8.91. The van der Waals surface area contributed by atoms with Crippen molar-refractivity contribution in [3.8, 4) is 0 Å². The summed E-state index contributed by atoms with van der Waals surface area (Å²) in [4.78, 5) is 3.20. The summed E-state index contributed by atoms with van der Waals surface area (Å²) in [5, 5.41) is 0.203. The van der Waals surface area contributed by atoms with Crippen LogP contribution in [-0.2, 0) is 0 Å². The number of halogens is 4. The topological polar surface area (TPSA) is 4.36 Å². The summed E-state index contributed by atoms with van der Waals surface area (Å²) in [6.45, 7) is 6.95. The lowest BCUT2D eigenvalue weighted by atomic mass is 9.68. The highest BCUT2D eigenvalue weighted by atomic mass is 35.5. The largest absolute Gasteiger partial charge is 0.399 e. The summed E-state index contributed by atoms with van der Waals surface area (Å²) in [6, 6.07) is -0.861. The Morgan fingerprint density at radius 3 is 2.05 bits per heavy atom. The van der Waals surface area contributed by atoms with Crippen molar-refractivity contribution in [2.75, 3.05) is 0 Å². The van der Waals surface area contributed by atoms with Gasteiger partial charge in [-0.2, -0.15) is 13.2 Å². The molecule has 2 rings (SSSR count). The normalized spacial score (nSPS) is 40.7. The number of alkyl halides is 4. The van der Waals surface area contributed by atoms with Crippen LogP contribution < -0.4 is 0 Å². The van der Waals surface area contributed by atoms with Crippen molar-refractivity contribution in [1.82, 2.24) is 0 Å². The number of rotatable bonds is 1. The Hall–Kier alpha value is -0.430. The molecule has 2 aliphatic rings. The molecule has 0 N–H and O–H groups in total. The second-order valence-electron chi connectivity index (χ2n) is 5.93. The van der Waals surface area contributed by atoms with E-state index in [1.807, 2.05) is 0 Å². The van der Waals surface area contributed by atoms with Crippen LogP contribution in [0.5, 0.6) is 0 Å². The lowest BCUT2D eigenvalue weighted by Crippen LogP contribution is -2.40. The van der Waals surface area contributed by atoms with Crippen LogP contribution in [0.4, 0.5) is 13.2 Å². The van der Waals surface area contributed by atoms with Gasteiger partial charge in [-0.05, 0) is 50.4 Å². The van der Waals surface area contributed by atoms with Gasteiger partial charge in [-0.25, -0.2) is 6.57 Å². The Morgan fingerprint density at radius 2 is 1.53 bits per heavy atom. The molecule has 0 bridgehead atoms. The first kappa shape index (κ1) is 15.0. The summed E-state index contributed by atoms with van der Waals surface area (Å²) in [6.07, 6.45) is 0.845. The lowest BCUT2D eigenvalue weighted by Gasteiger charge is -2.38. The second kappa shape index (κ2) is 5.91. The van der Waals surface area contributed by atoms with Gasteiger partial charge in [-0.15, -0.1) is 11.6 Å². The fourth-order valence-electron chi connectivity index (χ4n) is 3.67. The van der Waals surface area contributed by atoms with Crippen LogP contribution in [0.3, 0.4) is 0 Å². The third-order valence-electron chi connectivity index (χ3n) is 4.81. The van der Waals surface area contributed by atoms with Crippen LogP contribution in [0, 0.1) is 24.3 Å². The Morgan fingerprint density at radius 1 is 0.947 bits per heavy atom. The molecule has 0 spiro atoms. The second-order valence-corrected chi connectivity index (χ2v) is 6.55. The predicted octanol–water partition coefficient (Wildman–Crippen LogP) is 5.05. The maximum Gasteiger partial charge on any atom is 0.399 e. The Kier molecular flexibility index (Phi) is 4.66. The van der Waals surface area contributed by atoms with Crippen LogP contribution >= 0.6 is 11.6 Å². The minimum Gasteiger partial charge on any atom is -0.313 e. The molecule has 1 nitrogen and oxygen atoms in total. The van der Waals surface area contributed by atoms with Gasteiger partial charge in [0.25, 0.3) is 0 Å². The maximum absolute atomic E-state index is 13.0. The predicted molar refractivity (Wildman–Crippen MR) is 68.9 cm³/mol. The van der Waals surface area contributed by atoms with Crippen molar-refractivity contribution in [3.05, 3.63) is 11.4 Å². The monoisotopic (exact) mass is 293 g/mol. The smallest absolute Gasteiger partial charge is 0.313 e. The van der Waals surface area contributed by atoms with Gasteiger partial charge in [-0.1, -0.05) is 0 Å². The van der Waals surface area contributed by atoms with E-state index < -0.39 is 18.1 Å². The molecule has 5 heteroatoms. The van der Waals surface area contributed by atoms with Gasteiger partial charge in [0, 0.05) is 11.8 Å². The first-order valence-corrected chi connectivity index (χ1v) is 7.42. The minimum atomic E-state index is -4.22. The highest BCUT2D eigenvalue weighted by molar-refractivity contribution is 6.20. The highest BCUT2D eigenvalue weighted by Crippen LogP contribution is 2.46. The fraction of sp³-hybridized carbons (Fsp3) is 0.929. The molecular weight excluding hydrogens is 275 g/mol. The number of nitrogens with zero attached hydrogens (tertiary/aromatic N) is 1. The molecule has 0 aromatic rings. The molecule has 0 amide bonds. The molecule has 19 heavy (non-hydrogen) atoms. The standard InChI is InChI=1S/C14H19ClF3N/c1-19-13-7-4-10(8-12(13)14(16,17)18)9-2-5-11(15)6-3-9/h9-13H,2-8H2. The van der Waals surface area contributed by atoms with Crippen molar-refractivity contribution in [2.24, 2.45) is 17.8 Å². The van der Waals surface area contributed by atoms with Gasteiger partial charge < -0.3 is 4.85 Å². The van der Waals surface area contributed by atoms with Crippen LogP contribution in [0.15, 0.2) is 0 Å². The van der Waals surface area contributed by atoms with E-state index in [9.17, 15) is 13.2 Å². The summed E-state index contributed by atoms with van der Waals surface area (Å²) < 4.78 is 39.0. The summed E-state index contributed by atoms with van der Waals surface area (Å²) in [5.74, 6) is -0.905. The summed E-state index contributed by atoms with van der Waals surface area (Å²) >= 11 is 6.05. The van der Waals surface area contributed by atoms with Crippen LogP contribution in [0.2, 0.25) is 0 Å². The molecule has 0 radical (unpaired) electrons. The number of hydrogen-bond acceptors (Lipinski definition) is 0. The van der Waals surface area contributed by atoms with E-state index in [1.54, 1.807) is 0 Å². The Labute approximate surface area is 117 Å². The third-order valence-corrected chi connectivity index (χ3v) is 5.25. The van der Waals surface area contributed by atoms with E-state index in [2.05, 4.69) is 4.85 Å². The first-order valence-electron chi connectivity index (χ1n) is 6.99. The van der Waals surface area contributed by atoms with Gasteiger partial charge in [0.2, 0.25) is 6.04 Å². The van der Waals surface area contributed by atoms with Crippen molar-refractivity contribution >= 4 is 11.6 Å². The lowest BCUT2D eigenvalue weighted by molar-refractivity contribution is -0.189. The van der Waals surface area contributed by atoms with E-state index in [4.69, 9.17) is 18.2 Å². The van der Waals surface area contributed by atoms with Crippen molar-refractivity contribution in [1.29, 1.82) is 0 Å². The molecule has 0 aromatic heterocycles. The fourth-order valence-corrected chi connectivity index (χ4v) is 3.92. The van der Waals surface area contributed by atoms with Crippen LogP contribution in [0.25, 0.3) is 4.85 Å². The van der Waals surface area contributed by atoms with Gasteiger partial charge in [0.1, 0.15) is 5.92 Å². The molecule has 0 heterocycles. The number of hydrogen-bond donors (Lipinski definition) is 0. The average molecular weight is 294 g/mol. The van der Waals surface area contributed by atoms with Crippen molar-refractivity contribution in [3.63, 3.8) is 0 Å². The van der Waals surface area contributed by atoms with Gasteiger partial charge in [-0.3, -0.25) is 0 Å². The Bertz CT molecular complexity index is 342. The van der Waals surface area contributed by atoms with E-state index in [0.717, 1.165) is 32.1 Å². The van der Waals surface area contributed by atoms with Crippen molar-refractivity contribution in [2.45, 2.75) is 62.5 Å². The third kappa shape index (κ3) is 3.56. The van der Waals surface area contributed by atoms with E-state index >= 15 is 0 Å². The molecule has 2 fully saturated rings. The average Bonchev–Trinajstić information content (AvgIpc) is 2.38. The van der Waals surface area contributed by atoms with E-state index in [-0.39, 0.29) is 17.7 Å². The van der Waals surface area contributed by atoms with Gasteiger partial charge >= 0.3 is 6.18 Å². The Balaban J connectivity index is 2.00. The SMILES string of the molecule is [C-]#[N+]C1CCC(C2CCC(Cl)CC2)CC1C(F)(F)F. The molecule has 2 saturated carbocycles. The summed E-state index contributed by atoms with van der Waals surface area (Å²) in [5.41, 5.74) is 0. The summed E-state index contributed by atoms with van der Waals surface area (Å²) in [7, 11) is 0. The quantitative estimate of drug-likeness (QED) is 0.471. The molecule has 0 aromatic carbocycles. The zero-order valence-corrected chi connectivity index (χ0v) is 11.6. The van der Waals surface area contributed by atoms with E-state index in [1.165, 1.54) is 0 Å². The van der Waals surface area contributed by atoms with Crippen LogP contribution in [0.1, 0.15) is 44.9 Å². The molecular formula is C14H19ClF3N. The molecule has 0 aliphatic heterocycles. The van der Waals surface area contributed by atoms with Crippen molar-refractivity contribution < 1.29 is 13.2 Å². The molecule has 3 atom stereocenters.